The molecule has 2 rings (SSSR count). The van der Waals surface area contributed by atoms with Crippen molar-refractivity contribution in [2.45, 2.75) is 6.42 Å². The summed E-state index contributed by atoms with van der Waals surface area (Å²) in [6.07, 6.45) is 2.70. The van der Waals surface area contributed by atoms with E-state index in [9.17, 15) is 9.59 Å². The number of halogens is 1. The van der Waals surface area contributed by atoms with Gasteiger partial charge in [-0.15, -0.1) is 0 Å². The maximum atomic E-state index is 11.9. The minimum absolute atomic E-state index is 0.358. The summed E-state index contributed by atoms with van der Waals surface area (Å²) >= 11 is 5.85. The zero-order chi connectivity index (χ0) is 20.4. The molecule has 2 N–H and O–H groups in total. The first-order chi connectivity index (χ1) is 13.5. The smallest absolute Gasteiger partial charge is 0.249 e. The van der Waals surface area contributed by atoms with E-state index in [1.165, 1.54) is 13.3 Å². The SMILES string of the molecule is C=CCOc1ccc(C=NNC(=O)CC(=O)Nc2cccc(Cl)c2)cc1OC. The molecule has 0 saturated heterocycles. The predicted molar refractivity (Wildman–Crippen MR) is 109 cm³/mol. The van der Waals surface area contributed by atoms with Crippen LogP contribution in [0, 0.1) is 0 Å². The number of carbonyl (C=O) groups excluding carboxylic acids is 2. The largest absolute Gasteiger partial charge is 0.493 e. The van der Waals surface area contributed by atoms with Gasteiger partial charge in [0.1, 0.15) is 13.0 Å². The second kappa shape index (κ2) is 10.7. The average molecular weight is 402 g/mol. The second-order valence-corrected chi connectivity index (χ2v) is 5.97. The Morgan fingerprint density at radius 2 is 2.00 bits per heavy atom. The molecule has 0 fully saturated rings. The van der Waals surface area contributed by atoms with Gasteiger partial charge in [0.05, 0.1) is 13.3 Å². The lowest BCUT2D eigenvalue weighted by Gasteiger charge is -2.09. The Morgan fingerprint density at radius 1 is 1.18 bits per heavy atom. The Labute approximate surface area is 168 Å². The van der Waals surface area contributed by atoms with Crippen LogP contribution in [-0.2, 0) is 9.59 Å². The minimum Gasteiger partial charge on any atom is -0.493 e. The molecule has 0 aliphatic carbocycles. The summed E-state index contributed by atoms with van der Waals surface area (Å²) in [5.74, 6) is 0.0772. The zero-order valence-corrected chi connectivity index (χ0v) is 16.0. The number of nitrogens with zero attached hydrogens (tertiary/aromatic N) is 1. The van der Waals surface area contributed by atoms with Gasteiger partial charge in [-0.2, -0.15) is 5.10 Å². The summed E-state index contributed by atoms with van der Waals surface area (Å²) in [5, 5.41) is 6.92. The first-order valence-electron chi connectivity index (χ1n) is 8.31. The van der Waals surface area contributed by atoms with E-state index in [4.69, 9.17) is 21.1 Å². The monoisotopic (exact) mass is 401 g/mol. The van der Waals surface area contributed by atoms with Crippen LogP contribution in [0.1, 0.15) is 12.0 Å². The molecule has 0 bridgehead atoms. The van der Waals surface area contributed by atoms with Gasteiger partial charge in [-0.25, -0.2) is 5.43 Å². The fourth-order valence-electron chi connectivity index (χ4n) is 2.17. The van der Waals surface area contributed by atoms with Crippen LogP contribution < -0.4 is 20.2 Å². The fourth-order valence-corrected chi connectivity index (χ4v) is 2.36. The molecule has 0 aliphatic rings. The first kappa shape index (κ1) is 21.0. The number of benzene rings is 2. The summed E-state index contributed by atoms with van der Waals surface area (Å²) in [7, 11) is 1.53. The van der Waals surface area contributed by atoms with Crippen LogP contribution >= 0.6 is 11.6 Å². The van der Waals surface area contributed by atoms with Crippen LogP contribution in [0.15, 0.2) is 60.2 Å². The van der Waals surface area contributed by atoms with Crippen molar-refractivity contribution in [1.82, 2.24) is 5.43 Å². The molecule has 2 aromatic rings. The third-order valence-electron chi connectivity index (χ3n) is 3.38. The van der Waals surface area contributed by atoms with E-state index in [1.54, 1.807) is 48.5 Å². The molecule has 8 heteroatoms. The van der Waals surface area contributed by atoms with Gasteiger partial charge in [0.25, 0.3) is 0 Å². The summed E-state index contributed by atoms with van der Waals surface area (Å²) in [6, 6.07) is 11.8. The number of amides is 2. The number of hydrogen-bond acceptors (Lipinski definition) is 5. The van der Waals surface area contributed by atoms with E-state index in [0.717, 1.165) is 0 Å². The normalized spacial score (nSPS) is 10.4. The van der Waals surface area contributed by atoms with Crippen LogP contribution in [0.2, 0.25) is 5.02 Å². The van der Waals surface area contributed by atoms with Crippen LogP contribution in [0.25, 0.3) is 0 Å². The Bertz CT molecular complexity index is 884. The van der Waals surface area contributed by atoms with E-state index in [2.05, 4.69) is 22.4 Å². The third kappa shape index (κ3) is 6.77. The van der Waals surface area contributed by atoms with Crippen molar-refractivity contribution in [1.29, 1.82) is 0 Å². The molecule has 146 valence electrons. The average Bonchev–Trinajstić information content (AvgIpc) is 2.66. The van der Waals surface area contributed by atoms with Gasteiger partial charge in [0.15, 0.2) is 11.5 Å². The molecule has 0 radical (unpaired) electrons. The Balaban J connectivity index is 1.86. The molecule has 0 aliphatic heterocycles. The van der Waals surface area contributed by atoms with E-state index >= 15 is 0 Å². The summed E-state index contributed by atoms with van der Waals surface area (Å²) in [5.41, 5.74) is 3.50. The van der Waals surface area contributed by atoms with Gasteiger partial charge in [-0.3, -0.25) is 9.59 Å². The predicted octanol–water partition coefficient (Wildman–Crippen LogP) is 3.39. The molecular formula is C20H20ClN3O4. The van der Waals surface area contributed by atoms with E-state index < -0.39 is 11.8 Å². The molecule has 7 nitrogen and oxygen atoms in total. The molecule has 2 amide bonds. The number of hydrazone groups is 1. The lowest BCUT2D eigenvalue weighted by molar-refractivity contribution is -0.126. The molecule has 0 saturated carbocycles. The highest BCUT2D eigenvalue weighted by Crippen LogP contribution is 2.27. The number of ether oxygens (including phenoxy) is 2. The summed E-state index contributed by atoms with van der Waals surface area (Å²) < 4.78 is 10.7. The minimum atomic E-state index is -0.548. The summed E-state index contributed by atoms with van der Waals surface area (Å²) in [4.78, 5) is 23.7. The van der Waals surface area contributed by atoms with Crippen molar-refractivity contribution in [2.75, 3.05) is 19.0 Å². The van der Waals surface area contributed by atoms with E-state index in [-0.39, 0.29) is 6.42 Å². The lowest BCUT2D eigenvalue weighted by Crippen LogP contribution is -2.24. The number of methoxy groups -OCH3 is 1. The van der Waals surface area contributed by atoms with Gasteiger partial charge in [0.2, 0.25) is 11.8 Å². The molecule has 0 unspecified atom stereocenters. The van der Waals surface area contributed by atoms with Crippen molar-refractivity contribution in [2.24, 2.45) is 5.10 Å². The zero-order valence-electron chi connectivity index (χ0n) is 15.3. The molecule has 0 spiro atoms. The van der Waals surface area contributed by atoms with E-state index in [1.807, 2.05) is 0 Å². The lowest BCUT2D eigenvalue weighted by atomic mass is 10.2. The molecule has 0 heterocycles. The van der Waals surface area contributed by atoms with Gasteiger partial charge >= 0.3 is 0 Å². The van der Waals surface area contributed by atoms with Crippen LogP contribution in [-0.4, -0.2) is 31.7 Å². The summed E-state index contributed by atoms with van der Waals surface area (Å²) in [6.45, 7) is 3.95. The van der Waals surface area contributed by atoms with Gasteiger partial charge < -0.3 is 14.8 Å². The topological polar surface area (TPSA) is 89.0 Å². The molecule has 2 aromatic carbocycles. The molecular weight excluding hydrogens is 382 g/mol. The molecule has 28 heavy (non-hydrogen) atoms. The Kier molecular flexibility index (Phi) is 8.05. The standard InChI is InChI=1S/C20H20ClN3O4/c1-3-9-28-17-8-7-14(10-18(17)27-2)13-22-24-20(26)12-19(25)23-16-6-4-5-15(21)11-16/h3-8,10-11,13H,1,9,12H2,2H3,(H,23,25)(H,24,26). The van der Waals surface area contributed by atoms with Crippen molar-refractivity contribution in [3.8, 4) is 11.5 Å². The van der Waals surface area contributed by atoms with Gasteiger partial charge in [-0.05, 0) is 42.0 Å². The number of carbonyl (C=O) groups is 2. The highest BCUT2D eigenvalue weighted by Gasteiger charge is 2.09. The number of rotatable bonds is 9. The fraction of sp³-hybridized carbons (Fsp3) is 0.150. The van der Waals surface area contributed by atoms with Crippen molar-refractivity contribution in [3.63, 3.8) is 0 Å². The van der Waals surface area contributed by atoms with Crippen LogP contribution in [0.5, 0.6) is 11.5 Å². The number of hydrogen-bond donors (Lipinski definition) is 2. The van der Waals surface area contributed by atoms with Crippen molar-refractivity contribution >= 4 is 35.3 Å². The third-order valence-corrected chi connectivity index (χ3v) is 3.61. The maximum absolute atomic E-state index is 11.9. The molecule has 0 atom stereocenters. The number of nitrogens with one attached hydrogen (secondary N) is 2. The quantitative estimate of drug-likeness (QED) is 0.292. The Hall–Kier alpha value is -3.32. The highest BCUT2D eigenvalue weighted by molar-refractivity contribution is 6.30. The van der Waals surface area contributed by atoms with Gasteiger partial charge in [-0.1, -0.05) is 30.3 Å². The van der Waals surface area contributed by atoms with Crippen LogP contribution in [0.4, 0.5) is 5.69 Å². The van der Waals surface area contributed by atoms with Crippen molar-refractivity contribution < 1.29 is 19.1 Å². The van der Waals surface area contributed by atoms with Crippen molar-refractivity contribution in [3.05, 3.63) is 65.7 Å². The second-order valence-electron chi connectivity index (χ2n) is 5.54. The molecule has 0 aromatic heterocycles. The highest BCUT2D eigenvalue weighted by atomic mass is 35.5. The first-order valence-corrected chi connectivity index (χ1v) is 8.68. The number of anilines is 1. The maximum Gasteiger partial charge on any atom is 0.249 e. The Morgan fingerprint density at radius 3 is 2.71 bits per heavy atom. The van der Waals surface area contributed by atoms with Crippen LogP contribution in [0.3, 0.4) is 0 Å². The van der Waals surface area contributed by atoms with Gasteiger partial charge in [0, 0.05) is 10.7 Å². The van der Waals surface area contributed by atoms with E-state index in [0.29, 0.717) is 34.4 Å².